The van der Waals surface area contributed by atoms with Crippen LogP contribution in [-0.2, 0) is 14.8 Å². The highest BCUT2D eigenvalue weighted by Gasteiger charge is 2.19. The van der Waals surface area contributed by atoms with Crippen molar-refractivity contribution in [1.29, 1.82) is 0 Å². The van der Waals surface area contributed by atoms with E-state index in [2.05, 4.69) is 10.3 Å². The number of sulfonamides is 1. The number of benzene rings is 1. The van der Waals surface area contributed by atoms with Gasteiger partial charge in [-0.3, -0.25) is 4.79 Å². The molecule has 2 aromatic rings. The molecular weight excluding hydrogens is 350 g/mol. The summed E-state index contributed by atoms with van der Waals surface area (Å²) in [6.07, 6.45) is 0. The third-order valence-electron chi connectivity index (χ3n) is 2.96. The predicted octanol–water partition coefficient (Wildman–Crippen LogP) is 2.08. The second kappa shape index (κ2) is 6.73. The molecule has 0 fully saturated rings. The van der Waals surface area contributed by atoms with E-state index in [1.165, 1.54) is 26.2 Å². The van der Waals surface area contributed by atoms with Crippen molar-refractivity contribution < 1.29 is 17.6 Å². The van der Waals surface area contributed by atoms with Gasteiger partial charge in [0.1, 0.15) is 5.52 Å². The van der Waals surface area contributed by atoms with Gasteiger partial charge in [0, 0.05) is 19.6 Å². The van der Waals surface area contributed by atoms with E-state index in [1.54, 1.807) is 6.07 Å². The summed E-state index contributed by atoms with van der Waals surface area (Å²) in [5.74, 6) is 0.0538. The van der Waals surface area contributed by atoms with Gasteiger partial charge in [-0.15, -0.1) is 0 Å². The van der Waals surface area contributed by atoms with E-state index in [-0.39, 0.29) is 22.1 Å². The topological polar surface area (TPSA) is 92.5 Å². The molecule has 0 aliphatic rings. The van der Waals surface area contributed by atoms with Crippen molar-refractivity contribution in [3.05, 3.63) is 18.2 Å². The van der Waals surface area contributed by atoms with Crippen LogP contribution in [-0.4, -0.2) is 49.0 Å². The molecule has 0 aliphatic heterocycles. The molecule has 24 heavy (non-hydrogen) atoms. The van der Waals surface area contributed by atoms with Crippen LogP contribution >= 0.6 is 11.8 Å². The zero-order valence-electron chi connectivity index (χ0n) is 14.3. The Bertz CT molecular complexity index is 851. The molecule has 0 radical (unpaired) electrons. The number of nitrogens with zero attached hydrogens (tertiary/aromatic N) is 2. The van der Waals surface area contributed by atoms with E-state index in [1.807, 2.05) is 20.8 Å². The summed E-state index contributed by atoms with van der Waals surface area (Å²) >= 11 is 1.16. The summed E-state index contributed by atoms with van der Waals surface area (Å²) in [4.78, 5) is 16.2. The first-order chi connectivity index (χ1) is 11.0. The van der Waals surface area contributed by atoms with Crippen LogP contribution in [0.2, 0.25) is 0 Å². The Labute approximate surface area is 145 Å². The minimum Gasteiger partial charge on any atom is -0.431 e. The quantitative estimate of drug-likeness (QED) is 0.809. The third-order valence-corrected chi connectivity index (χ3v) is 5.60. The highest BCUT2D eigenvalue weighted by Crippen LogP contribution is 2.26. The van der Waals surface area contributed by atoms with Crippen LogP contribution in [0.15, 0.2) is 32.7 Å². The smallest absolute Gasteiger partial charge is 0.257 e. The molecule has 0 saturated carbocycles. The first-order valence-electron chi connectivity index (χ1n) is 7.26. The zero-order chi connectivity index (χ0) is 18.1. The van der Waals surface area contributed by atoms with Crippen molar-refractivity contribution in [1.82, 2.24) is 14.6 Å². The van der Waals surface area contributed by atoms with Crippen molar-refractivity contribution in [3.63, 3.8) is 0 Å². The second-order valence-corrected chi connectivity index (χ2v) is 9.56. The van der Waals surface area contributed by atoms with Crippen LogP contribution in [0, 0.1) is 0 Å². The summed E-state index contributed by atoms with van der Waals surface area (Å²) in [7, 11) is -0.585. The summed E-state index contributed by atoms with van der Waals surface area (Å²) in [5.41, 5.74) is 0.622. The molecule has 0 spiro atoms. The van der Waals surface area contributed by atoms with Crippen LogP contribution in [0.3, 0.4) is 0 Å². The van der Waals surface area contributed by atoms with E-state index in [9.17, 15) is 13.2 Å². The number of fused-ring (bicyclic) bond motifs is 1. The summed E-state index contributed by atoms with van der Waals surface area (Å²) in [6, 6.07) is 4.51. The van der Waals surface area contributed by atoms with Crippen LogP contribution < -0.4 is 5.32 Å². The minimum atomic E-state index is -3.52. The maximum Gasteiger partial charge on any atom is 0.257 e. The molecule has 0 bridgehead atoms. The number of amides is 1. The van der Waals surface area contributed by atoms with Crippen molar-refractivity contribution in [3.8, 4) is 0 Å². The number of aromatic nitrogens is 1. The number of rotatable bonds is 5. The largest absolute Gasteiger partial charge is 0.431 e. The van der Waals surface area contributed by atoms with Gasteiger partial charge in [0.15, 0.2) is 5.58 Å². The van der Waals surface area contributed by atoms with E-state index in [0.29, 0.717) is 16.3 Å². The van der Waals surface area contributed by atoms with Crippen LogP contribution in [0.1, 0.15) is 20.8 Å². The third kappa shape index (κ3) is 4.49. The summed E-state index contributed by atoms with van der Waals surface area (Å²) in [5, 5.41) is 3.18. The lowest BCUT2D eigenvalue weighted by molar-refractivity contribution is -0.119. The number of hydrogen-bond donors (Lipinski definition) is 1. The maximum atomic E-state index is 12.1. The minimum absolute atomic E-state index is 0.120. The fraction of sp³-hybridized carbons (Fsp3) is 0.467. The van der Waals surface area contributed by atoms with Crippen molar-refractivity contribution in [2.24, 2.45) is 0 Å². The molecule has 1 N–H and O–H groups in total. The number of carbonyl (C=O) groups excluding carboxylic acids is 1. The monoisotopic (exact) mass is 371 g/mol. The fourth-order valence-corrected chi connectivity index (χ4v) is 3.46. The first-order valence-corrected chi connectivity index (χ1v) is 9.68. The second-order valence-electron chi connectivity index (χ2n) is 6.48. The van der Waals surface area contributed by atoms with Gasteiger partial charge in [-0.05, 0) is 39.0 Å². The number of thioether (sulfide) groups is 1. The molecule has 0 atom stereocenters. The average molecular weight is 371 g/mol. The lowest BCUT2D eigenvalue weighted by Gasteiger charge is -2.19. The van der Waals surface area contributed by atoms with Crippen molar-refractivity contribution >= 4 is 38.8 Å². The molecular formula is C15H21N3O4S2. The predicted molar refractivity (Wildman–Crippen MR) is 93.5 cm³/mol. The Morgan fingerprint density at radius 1 is 1.33 bits per heavy atom. The maximum absolute atomic E-state index is 12.1. The van der Waals surface area contributed by atoms with E-state index in [4.69, 9.17) is 4.42 Å². The Morgan fingerprint density at radius 2 is 2.00 bits per heavy atom. The number of nitrogens with one attached hydrogen (secondary N) is 1. The molecule has 132 valence electrons. The summed E-state index contributed by atoms with van der Waals surface area (Å²) in [6.45, 7) is 5.71. The molecule has 7 nitrogen and oxygen atoms in total. The standard InChI is InChI=1S/C15H21N3O4S2/c1-15(2,3)17-13(19)9-23-14-16-11-8-10(6-7-12(11)22-14)24(20,21)18(4)5/h6-8H,9H2,1-5H3,(H,17,19). The Kier molecular flexibility index (Phi) is 5.26. The number of carbonyl (C=O) groups is 1. The van der Waals surface area contributed by atoms with Gasteiger partial charge in [0.25, 0.3) is 5.22 Å². The van der Waals surface area contributed by atoms with Gasteiger partial charge in [-0.25, -0.2) is 17.7 Å². The van der Waals surface area contributed by atoms with Crippen molar-refractivity contribution in [2.45, 2.75) is 36.4 Å². The van der Waals surface area contributed by atoms with Gasteiger partial charge >= 0.3 is 0 Å². The van der Waals surface area contributed by atoms with Crippen molar-refractivity contribution in [2.75, 3.05) is 19.8 Å². The van der Waals surface area contributed by atoms with Crippen LogP contribution in [0.25, 0.3) is 11.1 Å². The fourth-order valence-electron chi connectivity index (χ4n) is 1.90. The molecule has 1 aromatic carbocycles. The summed E-state index contributed by atoms with van der Waals surface area (Å²) < 4.78 is 31.0. The zero-order valence-corrected chi connectivity index (χ0v) is 15.9. The average Bonchev–Trinajstić information content (AvgIpc) is 2.84. The lowest BCUT2D eigenvalue weighted by Crippen LogP contribution is -2.41. The van der Waals surface area contributed by atoms with E-state index >= 15 is 0 Å². The highest BCUT2D eigenvalue weighted by atomic mass is 32.2. The Balaban J connectivity index is 2.16. The molecule has 1 heterocycles. The first kappa shape index (κ1) is 18.8. The molecule has 1 aromatic heterocycles. The van der Waals surface area contributed by atoms with Gasteiger partial charge in [0.2, 0.25) is 15.9 Å². The van der Waals surface area contributed by atoms with E-state index < -0.39 is 10.0 Å². The van der Waals surface area contributed by atoms with E-state index in [0.717, 1.165) is 16.1 Å². The molecule has 0 saturated heterocycles. The van der Waals surface area contributed by atoms with Gasteiger partial charge in [-0.1, -0.05) is 11.8 Å². The molecule has 1 amide bonds. The van der Waals surface area contributed by atoms with Gasteiger partial charge in [0.05, 0.1) is 10.6 Å². The molecule has 0 aliphatic carbocycles. The lowest BCUT2D eigenvalue weighted by atomic mass is 10.1. The van der Waals surface area contributed by atoms with Gasteiger partial charge < -0.3 is 9.73 Å². The van der Waals surface area contributed by atoms with Crippen LogP contribution in [0.4, 0.5) is 0 Å². The Morgan fingerprint density at radius 3 is 2.58 bits per heavy atom. The van der Waals surface area contributed by atoms with Crippen LogP contribution in [0.5, 0.6) is 0 Å². The van der Waals surface area contributed by atoms with Gasteiger partial charge in [-0.2, -0.15) is 0 Å². The molecule has 0 unspecified atom stereocenters. The number of hydrogen-bond acceptors (Lipinski definition) is 6. The normalized spacial score (nSPS) is 12.8. The Hall–Kier alpha value is -1.58. The number of oxazole rings is 1. The highest BCUT2D eigenvalue weighted by molar-refractivity contribution is 7.99. The SMILES string of the molecule is CN(C)S(=O)(=O)c1ccc2oc(SCC(=O)NC(C)(C)C)nc2c1. The molecule has 9 heteroatoms. The molecule has 2 rings (SSSR count).